The third-order valence-corrected chi connectivity index (χ3v) is 4.85. The highest BCUT2D eigenvalue weighted by Gasteiger charge is 2.20. The Morgan fingerprint density at radius 3 is 2.76 bits per heavy atom. The monoisotopic (exact) mass is 375 g/mol. The number of hydrogen-bond donors (Lipinski definition) is 2. The number of rotatable bonds is 5. The number of aryl methyl sites for hydroxylation is 1. The summed E-state index contributed by atoms with van der Waals surface area (Å²) in [6.45, 7) is 1.42. The third-order valence-electron chi connectivity index (χ3n) is 2.45. The molecule has 10 heteroatoms. The Morgan fingerprint density at radius 2 is 2.19 bits per heavy atom. The van der Waals surface area contributed by atoms with Gasteiger partial charge in [0.1, 0.15) is 0 Å². The second-order valence-corrected chi connectivity index (χ2v) is 6.60. The summed E-state index contributed by atoms with van der Waals surface area (Å²) in [4.78, 5) is 14.6. The number of benzene rings is 1. The molecule has 1 aromatic carbocycles. The van der Waals surface area contributed by atoms with E-state index >= 15 is 0 Å². The number of halogens is 1. The van der Waals surface area contributed by atoms with Crippen LogP contribution in [0.4, 0.5) is 0 Å². The summed E-state index contributed by atoms with van der Waals surface area (Å²) >= 11 is 3.08. The topological polar surface area (TPSA) is 122 Å². The van der Waals surface area contributed by atoms with Crippen molar-refractivity contribution in [2.24, 2.45) is 0 Å². The highest BCUT2D eigenvalue weighted by Crippen LogP contribution is 2.23. The second-order valence-electron chi connectivity index (χ2n) is 4.01. The van der Waals surface area contributed by atoms with Crippen LogP contribution in [0.25, 0.3) is 0 Å². The maximum atomic E-state index is 12.2. The lowest BCUT2D eigenvalue weighted by atomic mass is 10.2. The normalized spacial score (nSPS) is 11.5. The Bertz CT molecular complexity index is 787. The van der Waals surface area contributed by atoms with Crippen molar-refractivity contribution in [2.45, 2.75) is 18.4 Å². The first-order chi connectivity index (χ1) is 9.79. The van der Waals surface area contributed by atoms with Crippen LogP contribution in [0.2, 0.25) is 0 Å². The van der Waals surface area contributed by atoms with Crippen LogP contribution in [0, 0.1) is 6.92 Å². The number of hydrogen-bond acceptors (Lipinski definition) is 6. The van der Waals surface area contributed by atoms with E-state index in [4.69, 9.17) is 9.63 Å². The average Bonchev–Trinajstić information content (AvgIpc) is 2.82. The molecular formula is C11H10BrN3O5S. The fourth-order valence-corrected chi connectivity index (χ4v) is 3.45. The molecule has 2 aromatic rings. The van der Waals surface area contributed by atoms with Crippen LogP contribution in [0.3, 0.4) is 0 Å². The second kappa shape index (κ2) is 5.92. The molecule has 0 atom stereocenters. The summed E-state index contributed by atoms with van der Waals surface area (Å²) in [5, 5.41) is 12.4. The van der Waals surface area contributed by atoms with Gasteiger partial charge in [0.25, 0.3) is 0 Å². The van der Waals surface area contributed by atoms with E-state index in [0.29, 0.717) is 5.82 Å². The minimum absolute atomic E-state index is 0.113. The molecule has 0 radical (unpaired) electrons. The van der Waals surface area contributed by atoms with Gasteiger partial charge in [-0.15, -0.1) is 0 Å². The molecule has 0 aliphatic heterocycles. The maximum absolute atomic E-state index is 12.2. The Balaban J connectivity index is 2.26. The molecule has 2 rings (SSSR count). The van der Waals surface area contributed by atoms with E-state index in [1.165, 1.54) is 12.1 Å². The van der Waals surface area contributed by atoms with Gasteiger partial charge in [-0.2, -0.15) is 4.98 Å². The van der Waals surface area contributed by atoms with Gasteiger partial charge in [0, 0.05) is 4.47 Å². The van der Waals surface area contributed by atoms with Gasteiger partial charge in [0.15, 0.2) is 5.82 Å². The van der Waals surface area contributed by atoms with Crippen LogP contribution < -0.4 is 4.72 Å². The van der Waals surface area contributed by atoms with Crippen molar-refractivity contribution in [3.05, 3.63) is 40.0 Å². The summed E-state index contributed by atoms with van der Waals surface area (Å²) < 4.78 is 31.7. The van der Waals surface area contributed by atoms with Crippen molar-refractivity contribution < 1.29 is 22.8 Å². The van der Waals surface area contributed by atoms with Crippen LogP contribution in [-0.2, 0) is 16.6 Å². The number of nitrogens with zero attached hydrogens (tertiary/aromatic N) is 2. The van der Waals surface area contributed by atoms with E-state index in [9.17, 15) is 13.2 Å². The van der Waals surface area contributed by atoms with Crippen LogP contribution in [0.15, 0.2) is 32.1 Å². The van der Waals surface area contributed by atoms with Crippen molar-refractivity contribution in [2.75, 3.05) is 0 Å². The molecule has 1 heterocycles. The highest BCUT2D eigenvalue weighted by molar-refractivity contribution is 9.10. The summed E-state index contributed by atoms with van der Waals surface area (Å²) in [5.74, 6) is -0.716. The first kappa shape index (κ1) is 15.6. The molecule has 0 saturated heterocycles. The maximum Gasteiger partial charge on any atom is 0.335 e. The summed E-state index contributed by atoms with van der Waals surface area (Å²) in [7, 11) is -3.92. The molecule has 2 N–H and O–H groups in total. The number of sulfonamides is 1. The average molecular weight is 376 g/mol. The highest BCUT2D eigenvalue weighted by atomic mass is 79.9. The summed E-state index contributed by atoms with van der Waals surface area (Å²) in [5.41, 5.74) is -0.132. The van der Waals surface area contributed by atoms with E-state index in [1.807, 2.05) is 0 Å². The standard InChI is InChI=1S/C11H10BrN3O5S/c1-6-14-10(20-15-6)5-13-21(18,19)9-4-7(11(16)17)2-3-8(9)12/h2-4,13H,5H2,1H3,(H,16,17). The number of carbonyl (C=O) groups is 1. The molecule has 0 fully saturated rings. The van der Waals surface area contributed by atoms with E-state index in [2.05, 4.69) is 30.8 Å². The molecule has 0 saturated carbocycles. The van der Waals surface area contributed by atoms with Crippen LogP contribution in [-0.4, -0.2) is 29.6 Å². The molecule has 0 aliphatic rings. The third kappa shape index (κ3) is 3.65. The van der Waals surface area contributed by atoms with Crippen molar-refractivity contribution in [3.63, 3.8) is 0 Å². The van der Waals surface area contributed by atoms with E-state index < -0.39 is 16.0 Å². The lowest BCUT2D eigenvalue weighted by molar-refractivity contribution is 0.0696. The Labute approximate surface area is 128 Å². The Hall–Kier alpha value is -1.78. The zero-order valence-corrected chi connectivity index (χ0v) is 13.1. The van der Waals surface area contributed by atoms with Crippen molar-refractivity contribution in [1.82, 2.24) is 14.9 Å². The lowest BCUT2D eigenvalue weighted by Gasteiger charge is -2.07. The summed E-state index contributed by atoms with van der Waals surface area (Å²) in [6, 6.07) is 3.72. The predicted octanol–water partition coefficient (Wildman–Crippen LogP) is 1.32. The van der Waals surface area contributed by atoms with Gasteiger partial charge < -0.3 is 9.63 Å². The van der Waals surface area contributed by atoms with Crippen molar-refractivity contribution in [3.8, 4) is 0 Å². The first-order valence-corrected chi connectivity index (χ1v) is 7.89. The van der Waals surface area contributed by atoms with Gasteiger partial charge in [-0.3, -0.25) is 0 Å². The van der Waals surface area contributed by atoms with Gasteiger partial charge in [0.05, 0.1) is 17.0 Å². The molecule has 8 nitrogen and oxygen atoms in total. The van der Waals surface area contributed by atoms with Crippen LogP contribution >= 0.6 is 15.9 Å². The molecule has 1 aromatic heterocycles. The molecule has 0 unspecified atom stereocenters. The van der Waals surface area contributed by atoms with Gasteiger partial charge in [-0.05, 0) is 41.1 Å². The fraction of sp³-hybridized carbons (Fsp3) is 0.182. The number of aromatic carboxylic acids is 1. The van der Waals surface area contributed by atoms with E-state index in [1.54, 1.807) is 6.92 Å². The van der Waals surface area contributed by atoms with Crippen LogP contribution in [0.1, 0.15) is 22.1 Å². The minimum Gasteiger partial charge on any atom is -0.478 e. The molecule has 21 heavy (non-hydrogen) atoms. The number of carboxylic acids is 1. The largest absolute Gasteiger partial charge is 0.478 e. The molecule has 0 amide bonds. The lowest BCUT2D eigenvalue weighted by Crippen LogP contribution is -2.24. The van der Waals surface area contributed by atoms with Crippen LogP contribution in [0.5, 0.6) is 0 Å². The number of nitrogens with one attached hydrogen (secondary N) is 1. The first-order valence-electron chi connectivity index (χ1n) is 5.61. The smallest absolute Gasteiger partial charge is 0.335 e. The minimum atomic E-state index is -3.92. The van der Waals surface area contributed by atoms with Gasteiger partial charge in [-0.1, -0.05) is 5.16 Å². The number of carboxylic acid groups (broad SMARTS) is 1. The SMILES string of the molecule is Cc1noc(CNS(=O)(=O)c2cc(C(=O)O)ccc2Br)n1. The molecular weight excluding hydrogens is 366 g/mol. The fourth-order valence-electron chi connectivity index (χ4n) is 1.49. The summed E-state index contributed by atoms with van der Waals surface area (Å²) in [6.07, 6.45) is 0. The molecule has 112 valence electrons. The molecule has 0 aliphatic carbocycles. The van der Waals surface area contributed by atoms with E-state index in [-0.39, 0.29) is 27.4 Å². The van der Waals surface area contributed by atoms with Gasteiger partial charge in [-0.25, -0.2) is 17.9 Å². The zero-order chi connectivity index (χ0) is 15.6. The zero-order valence-electron chi connectivity index (χ0n) is 10.7. The Morgan fingerprint density at radius 1 is 1.48 bits per heavy atom. The predicted molar refractivity (Wildman–Crippen MR) is 74.2 cm³/mol. The number of aromatic nitrogens is 2. The molecule has 0 bridgehead atoms. The van der Waals surface area contributed by atoms with Gasteiger partial charge in [0.2, 0.25) is 15.9 Å². The van der Waals surface area contributed by atoms with E-state index in [0.717, 1.165) is 6.07 Å². The Kier molecular flexibility index (Phi) is 4.40. The quantitative estimate of drug-likeness (QED) is 0.807. The molecule has 0 spiro atoms. The van der Waals surface area contributed by atoms with Gasteiger partial charge >= 0.3 is 5.97 Å². The van der Waals surface area contributed by atoms with Crippen molar-refractivity contribution in [1.29, 1.82) is 0 Å². The van der Waals surface area contributed by atoms with Crippen molar-refractivity contribution >= 4 is 31.9 Å².